The molecule has 2 aromatic carbocycles. The number of nitrogens with one attached hydrogen (secondary N) is 1. The molecule has 1 aliphatic rings. The summed E-state index contributed by atoms with van der Waals surface area (Å²) in [7, 11) is 1.70. The maximum atomic E-state index is 5.21. The highest BCUT2D eigenvalue weighted by Crippen LogP contribution is 2.36. The quantitative estimate of drug-likeness (QED) is 0.863. The molecule has 1 atom stereocenters. The first kappa shape index (κ1) is 11.1. The lowest BCUT2D eigenvalue weighted by Gasteiger charge is -2.27. The Balaban J connectivity index is 1.97. The minimum atomic E-state index is 0.494. The van der Waals surface area contributed by atoms with Gasteiger partial charge >= 0.3 is 0 Å². The largest absolute Gasteiger partial charge is 0.497 e. The van der Waals surface area contributed by atoms with E-state index in [9.17, 15) is 0 Å². The van der Waals surface area contributed by atoms with Gasteiger partial charge in [-0.25, -0.2) is 0 Å². The van der Waals surface area contributed by atoms with Crippen LogP contribution in [-0.2, 0) is 0 Å². The van der Waals surface area contributed by atoms with E-state index >= 15 is 0 Å². The van der Waals surface area contributed by atoms with Crippen LogP contribution in [0.4, 0.5) is 5.69 Å². The summed E-state index contributed by atoms with van der Waals surface area (Å²) in [6.07, 6.45) is 1.14. The maximum absolute atomic E-state index is 5.21. The summed E-state index contributed by atoms with van der Waals surface area (Å²) in [5.74, 6) is 1.41. The number of anilines is 1. The third-order valence-corrected chi connectivity index (χ3v) is 3.60. The number of fused-ring (bicyclic) bond motifs is 1. The maximum Gasteiger partial charge on any atom is 0.118 e. The monoisotopic (exact) mass is 239 g/mol. The first-order valence-corrected chi connectivity index (χ1v) is 6.35. The molecule has 0 fully saturated rings. The predicted octanol–water partition coefficient (Wildman–Crippen LogP) is 3.64. The molecule has 2 aromatic rings. The molecule has 2 heteroatoms. The second-order valence-electron chi connectivity index (χ2n) is 4.63. The highest BCUT2D eigenvalue weighted by Gasteiger charge is 2.20. The van der Waals surface area contributed by atoms with Crippen LogP contribution in [0.15, 0.2) is 48.5 Å². The Hall–Kier alpha value is -1.96. The van der Waals surface area contributed by atoms with E-state index in [4.69, 9.17) is 4.74 Å². The molecular formula is C16H17NO. The molecule has 0 amide bonds. The van der Waals surface area contributed by atoms with Gasteiger partial charge in [-0.1, -0.05) is 30.3 Å². The molecule has 3 rings (SSSR count). The summed E-state index contributed by atoms with van der Waals surface area (Å²) in [4.78, 5) is 0. The Kier molecular flexibility index (Phi) is 2.93. The summed E-state index contributed by atoms with van der Waals surface area (Å²) in [5.41, 5.74) is 4.03. The van der Waals surface area contributed by atoms with Gasteiger partial charge < -0.3 is 10.1 Å². The van der Waals surface area contributed by atoms with Crippen molar-refractivity contribution in [3.63, 3.8) is 0 Å². The van der Waals surface area contributed by atoms with Crippen LogP contribution < -0.4 is 10.1 Å². The Bertz CT molecular complexity index is 533. The minimum absolute atomic E-state index is 0.494. The fraction of sp³-hybridized carbons (Fsp3) is 0.250. The molecule has 0 aliphatic carbocycles. The van der Waals surface area contributed by atoms with Gasteiger partial charge in [-0.15, -0.1) is 0 Å². The Morgan fingerprint density at radius 2 is 1.83 bits per heavy atom. The smallest absolute Gasteiger partial charge is 0.118 e. The Morgan fingerprint density at radius 1 is 1.06 bits per heavy atom. The van der Waals surface area contributed by atoms with Gasteiger partial charge in [0.25, 0.3) is 0 Å². The zero-order valence-corrected chi connectivity index (χ0v) is 10.5. The van der Waals surface area contributed by atoms with Crippen molar-refractivity contribution in [1.82, 2.24) is 0 Å². The Labute approximate surface area is 108 Å². The third kappa shape index (κ3) is 1.94. The van der Waals surface area contributed by atoms with Crippen molar-refractivity contribution >= 4 is 5.69 Å². The molecule has 0 radical (unpaired) electrons. The highest BCUT2D eigenvalue weighted by atomic mass is 16.5. The van der Waals surface area contributed by atoms with Crippen molar-refractivity contribution in [3.8, 4) is 5.75 Å². The van der Waals surface area contributed by atoms with Crippen LogP contribution in [0, 0.1) is 0 Å². The average molecular weight is 239 g/mol. The molecule has 1 aliphatic heterocycles. The molecule has 0 saturated heterocycles. The third-order valence-electron chi connectivity index (χ3n) is 3.60. The van der Waals surface area contributed by atoms with E-state index in [2.05, 4.69) is 41.7 Å². The molecule has 1 heterocycles. The summed E-state index contributed by atoms with van der Waals surface area (Å²) in [5, 5.41) is 3.46. The van der Waals surface area contributed by atoms with Gasteiger partial charge in [-0.3, -0.25) is 0 Å². The molecule has 1 N–H and O–H groups in total. The number of ether oxygens (including phenoxy) is 1. The first-order chi connectivity index (χ1) is 8.88. The van der Waals surface area contributed by atoms with Gasteiger partial charge in [0.2, 0.25) is 0 Å². The van der Waals surface area contributed by atoms with Crippen molar-refractivity contribution in [2.75, 3.05) is 19.0 Å². The lowest BCUT2D eigenvalue weighted by atomic mass is 9.85. The van der Waals surface area contributed by atoms with Crippen LogP contribution in [-0.4, -0.2) is 13.7 Å². The normalized spacial score (nSPS) is 17.7. The number of para-hydroxylation sites is 1. The van der Waals surface area contributed by atoms with Gasteiger partial charge in [0.1, 0.15) is 5.75 Å². The van der Waals surface area contributed by atoms with Crippen LogP contribution in [0.25, 0.3) is 0 Å². The summed E-state index contributed by atoms with van der Waals surface area (Å²) in [6, 6.07) is 17.0. The van der Waals surface area contributed by atoms with E-state index in [1.165, 1.54) is 16.8 Å². The van der Waals surface area contributed by atoms with Crippen molar-refractivity contribution < 1.29 is 4.74 Å². The van der Waals surface area contributed by atoms with E-state index in [1.54, 1.807) is 7.11 Å². The average Bonchev–Trinajstić information content (AvgIpc) is 2.47. The molecule has 1 unspecified atom stereocenters. The van der Waals surface area contributed by atoms with Crippen molar-refractivity contribution in [2.24, 2.45) is 0 Å². The van der Waals surface area contributed by atoms with Crippen LogP contribution in [0.5, 0.6) is 5.75 Å². The van der Waals surface area contributed by atoms with E-state index in [1.807, 2.05) is 12.1 Å². The van der Waals surface area contributed by atoms with Gasteiger partial charge in [0, 0.05) is 18.2 Å². The van der Waals surface area contributed by atoms with Crippen molar-refractivity contribution in [2.45, 2.75) is 12.3 Å². The summed E-state index contributed by atoms with van der Waals surface area (Å²) < 4.78 is 5.21. The number of rotatable bonds is 2. The Morgan fingerprint density at radius 3 is 2.61 bits per heavy atom. The highest BCUT2D eigenvalue weighted by molar-refractivity contribution is 5.57. The molecule has 0 saturated carbocycles. The summed E-state index contributed by atoms with van der Waals surface area (Å²) in [6.45, 7) is 1.04. The van der Waals surface area contributed by atoms with Crippen LogP contribution in [0.1, 0.15) is 23.5 Å². The second-order valence-corrected chi connectivity index (χ2v) is 4.63. The topological polar surface area (TPSA) is 21.3 Å². The van der Waals surface area contributed by atoms with Crippen LogP contribution in [0.2, 0.25) is 0 Å². The number of hydrogen-bond acceptors (Lipinski definition) is 2. The molecule has 18 heavy (non-hydrogen) atoms. The number of methoxy groups -OCH3 is 1. The standard InChI is InChI=1S/C16H17NO/c1-18-13-8-6-12(7-9-13)14-10-11-17-16-5-3-2-4-15(14)16/h2-9,14,17H,10-11H2,1H3. The number of hydrogen-bond donors (Lipinski definition) is 1. The van der Waals surface area contributed by atoms with Gasteiger partial charge in [0.05, 0.1) is 7.11 Å². The van der Waals surface area contributed by atoms with Gasteiger partial charge in [-0.05, 0) is 35.7 Å². The number of benzene rings is 2. The predicted molar refractivity (Wildman–Crippen MR) is 74.4 cm³/mol. The van der Waals surface area contributed by atoms with Gasteiger partial charge in [0.15, 0.2) is 0 Å². The van der Waals surface area contributed by atoms with Gasteiger partial charge in [-0.2, -0.15) is 0 Å². The fourth-order valence-corrected chi connectivity index (χ4v) is 2.65. The molecular weight excluding hydrogens is 222 g/mol. The fourth-order valence-electron chi connectivity index (χ4n) is 2.65. The molecule has 0 bridgehead atoms. The lowest BCUT2D eigenvalue weighted by Crippen LogP contribution is -2.17. The SMILES string of the molecule is COc1ccc(C2CCNc3ccccc32)cc1. The zero-order chi connectivity index (χ0) is 12.4. The van der Waals surface area contributed by atoms with E-state index in [-0.39, 0.29) is 0 Å². The van der Waals surface area contributed by atoms with Crippen molar-refractivity contribution in [3.05, 3.63) is 59.7 Å². The minimum Gasteiger partial charge on any atom is -0.497 e. The van der Waals surface area contributed by atoms with Crippen LogP contribution in [0.3, 0.4) is 0 Å². The lowest BCUT2D eigenvalue weighted by molar-refractivity contribution is 0.414. The van der Waals surface area contributed by atoms with Crippen molar-refractivity contribution in [1.29, 1.82) is 0 Å². The molecule has 0 spiro atoms. The zero-order valence-electron chi connectivity index (χ0n) is 10.5. The van der Waals surface area contributed by atoms with E-state index < -0.39 is 0 Å². The molecule has 2 nitrogen and oxygen atoms in total. The van der Waals surface area contributed by atoms with E-state index in [0.717, 1.165) is 18.7 Å². The molecule has 0 aromatic heterocycles. The van der Waals surface area contributed by atoms with Crippen LogP contribution >= 0.6 is 0 Å². The second kappa shape index (κ2) is 4.73. The first-order valence-electron chi connectivity index (χ1n) is 6.35. The molecule has 92 valence electrons. The summed E-state index contributed by atoms with van der Waals surface area (Å²) >= 11 is 0. The van der Waals surface area contributed by atoms with E-state index in [0.29, 0.717) is 5.92 Å².